The highest BCUT2D eigenvalue weighted by molar-refractivity contribution is 7.80. The van der Waals surface area contributed by atoms with Crippen LogP contribution in [-0.4, -0.2) is 56.6 Å². The normalized spacial score (nSPS) is 18.8. The van der Waals surface area contributed by atoms with E-state index in [1.165, 1.54) is 0 Å². The number of rotatable bonds is 5. The van der Waals surface area contributed by atoms with Crippen molar-refractivity contribution in [2.75, 3.05) is 40.5 Å². The highest BCUT2D eigenvalue weighted by Gasteiger charge is 2.17. The van der Waals surface area contributed by atoms with Crippen LogP contribution in [0.4, 0.5) is 0 Å². The van der Waals surface area contributed by atoms with Crippen LogP contribution in [0.15, 0.2) is 0 Å². The molecule has 5 heteroatoms. The lowest BCUT2D eigenvalue weighted by atomic mass is 10.0. The molecule has 1 saturated heterocycles. The highest BCUT2D eigenvalue weighted by Crippen LogP contribution is 2.15. The van der Waals surface area contributed by atoms with E-state index in [0.717, 1.165) is 37.7 Å². The molecule has 1 aliphatic rings. The van der Waals surface area contributed by atoms with Crippen LogP contribution in [0.3, 0.4) is 0 Å². The van der Waals surface area contributed by atoms with Gasteiger partial charge in [0.2, 0.25) is 0 Å². The third-order valence-electron chi connectivity index (χ3n) is 3.01. The van der Waals surface area contributed by atoms with E-state index in [-0.39, 0.29) is 6.04 Å². The molecule has 1 rings (SSSR count). The molecule has 1 aliphatic heterocycles. The zero-order valence-electron chi connectivity index (χ0n) is 11.1. The molecular formula is C12H24N2O2S. The van der Waals surface area contributed by atoms with Gasteiger partial charge in [0.25, 0.3) is 0 Å². The number of thiocarbonyl (C=S) groups is 1. The van der Waals surface area contributed by atoms with Gasteiger partial charge in [-0.3, -0.25) is 0 Å². The van der Waals surface area contributed by atoms with Crippen LogP contribution in [0, 0.1) is 5.92 Å². The number of nitrogens with zero attached hydrogens (tertiary/aromatic N) is 1. The van der Waals surface area contributed by atoms with Crippen LogP contribution in [0.1, 0.15) is 19.8 Å². The van der Waals surface area contributed by atoms with Gasteiger partial charge < -0.3 is 19.7 Å². The van der Waals surface area contributed by atoms with E-state index in [2.05, 4.69) is 17.1 Å². The first-order valence-corrected chi connectivity index (χ1v) is 6.62. The first-order valence-electron chi connectivity index (χ1n) is 6.21. The van der Waals surface area contributed by atoms with Gasteiger partial charge in [0.15, 0.2) is 5.11 Å². The highest BCUT2D eigenvalue weighted by atomic mass is 32.1. The van der Waals surface area contributed by atoms with Crippen LogP contribution in [0.2, 0.25) is 0 Å². The Morgan fingerprint density at radius 1 is 1.53 bits per heavy atom. The van der Waals surface area contributed by atoms with Crippen molar-refractivity contribution in [2.24, 2.45) is 5.92 Å². The lowest BCUT2D eigenvalue weighted by Gasteiger charge is -2.30. The van der Waals surface area contributed by atoms with Gasteiger partial charge in [-0.05, 0) is 37.9 Å². The third kappa shape index (κ3) is 5.66. The van der Waals surface area contributed by atoms with E-state index in [0.29, 0.717) is 12.5 Å². The van der Waals surface area contributed by atoms with Crippen molar-refractivity contribution in [2.45, 2.75) is 25.8 Å². The van der Waals surface area contributed by atoms with Gasteiger partial charge in [0, 0.05) is 40.0 Å². The molecule has 1 unspecified atom stereocenters. The van der Waals surface area contributed by atoms with Crippen molar-refractivity contribution >= 4 is 17.3 Å². The van der Waals surface area contributed by atoms with Gasteiger partial charge in [-0.2, -0.15) is 0 Å². The van der Waals surface area contributed by atoms with Crippen LogP contribution >= 0.6 is 12.2 Å². The summed E-state index contributed by atoms with van der Waals surface area (Å²) in [7, 11) is 3.75. The van der Waals surface area contributed by atoms with Crippen LogP contribution in [-0.2, 0) is 9.47 Å². The van der Waals surface area contributed by atoms with Gasteiger partial charge in [-0.15, -0.1) is 0 Å². The van der Waals surface area contributed by atoms with Crippen LogP contribution < -0.4 is 5.32 Å². The molecule has 1 fully saturated rings. The number of hydrogen-bond donors (Lipinski definition) is 1. The van der Waals surface area contributed by atoms with E-state index < -0.39 is 0 Å². The minimum atomic E-state index is 0.254. The largest absolute Gasteiger partial charge is 0.383 e. The SMILES string of the molecule is COCC(C)NC(=S)N(C)CC1CCOCC1. The molecule has 0 aromatic rings. The zero-order valence-corrected chi connectivity index (χ0v) is 11.9. The van der Waals surface area contributed by atoms with Crippen LogP contribution in [0.5, 0.6) is 0 Å². The Hall–Kier alpha value is -0.390. The van der Waals surface area contributed by atoms with Crippen LogP contribution in [0.25, 0.3) is 0 Å². The number of nitrogens with one attached hydrogen (secondary N) is 1. The first kappa shape index (κ1) is 14.7. The minimum absolute atomic E-state index is 0.254. The Labute approximate surface area is 110 Å². The fourth-order valence-electron chi connectivity index (χ4n) is 2.01. The standard InChI is InChI=1S/C12H24N2O2S/c1-10(9-15-3)13-12(17)14(2)8-11-4-6-16-7-5-11/h10-11H,4-9H2,1-3H3,(H,13,17). The summed E-state index contributed by atoms with van der Waals surface area (Å²) in [5.74, 6) is 0.700. The summed E-state index contributed by atoms with van der Waals surface area (Å²) < 4.78 is 10.4. The quantitative estimate of drug-likeness (QED) is 0.753. The molecule has 1 N–H and O–H groups in total. The van der Waals surface area contributed by atoms with Gasteiger partial charge in [-0.25, -0.2) is 0 Å². The molecule has 4 nitrogen and oxygen atoms in total. The predicted molar refractivity (Wildman–Crippen MR) is 73.2 cm³/mol. The molecule has 0 aromatic heterocycles. The van der Waals surface area contributed by atoms with E-state index in [4.69, 9.17) is 21.7 Å². The molecule has 0 aromatic carbocycles. The maximum Gasteiger partial charge on any atom is 0.168 e. The molecule has 0 amide bonds. The Morgan fingerprint density at radius 2 is 2.18 bits per heavy atom. The van der Waals surface area contributed by atoms with E-state index in [1.54, 1.807) is 7.11 Å². The zero-order chi connectivity index (χ0) is 12.7. The number of ether oxygens (including phenoxy) is 2. The van der Waals surface area contributed by atoms with Crippen molar-refractivity contribution in [1.82, 2.24) is 10.2 Å². The summed E-state index contributed by atoms with van der Waals surface area (Å²) in [6.07, 6.45) is 2.28. The second-order valence-electron chi connectivity index (χ2n) is 4.74. The summed E-state index contributed by atoms with van der Waals surface area (Å²) in [4.78, 5) is 2.12. The topological polar surface area (TPSA) is 33.7 Å². The van der Waals surface area contributed by atoms with E-state index in [9.17, 15) is 0 Å². The Morgan fingerprint density at radius 3 is 2.76 bits per heavy atom. The fourth-order valence-corrected chi connectivity index (χ4v) is 2.29. The fraction of sp³-hybridized carbons (Fsp3) is 0.917. The minimum Gasteiger partial charge on any atom is -0.383 e. The summed E-state index contributed by atoms with van der Waals surface area (Å²) in [5.41, 5.74) is 0. The second kappa shape index (κ2) is 7.84. The molecule has 0 radical (unpaired) electrons. The van der Waals surface area contributed by atoms with Crippen molar-refractivity contribution in [3.63, 3.8) is 0 Å². The molecule has 0 bridgehead atoms. The van der Waals surface area contributed by atoms with Crippen molar-refractivity contribution in [1.29, 1.82) is 0 Å². The van der Waals surface area contributed by atoms with Gasteiger partial charge in [0.05, 0.1) is 6.61 Å². The molecular weight excluding hydrogens is 236 g/mol. The summed E-state index contributed by atoms with van der Waals surface area (Å²) >= 11 is 5.36. The third-order valence-corrected chi connectivity index (χ3v) is 3.44. The number of methoxy groups -OCH3 is 1. The Kier molecular flexibility index (Phi) is 6.77. The first-order chi connectivity index (χ1) is 8.13. The molecule has 0 aliphatic carbocycles. The molecule has 1 heterocycles. The molecule has 0 saturated carbocycles. The monoisotopic (exact) mass is 260 g/mol. The lowest BCUT2D eigenvalue weighted by molar-refractivity contribution is 0.0611. The second-order valence-corrected chi connectivity index (χ2v) is 5.13. The van der Waals surface area contributed by atoms with E-state index in [1.807, 2.05) is 7.05 Å². The molecule has 1 atom stereocenters. The lowest BCUT2D eigenvalue weighted by Crippen LogP contribution is -2.45. The Balaban J connectivity index is 2.25. The van der Waals surface area contributed by atoms with Gasteiger partial charge >= 0.3 is 0 Å². The smallest absolute Gasteiger partial charge is 0.168 e. The summed E-state index contributed by atoms with van der Waals surface area (Å²) in [6.45, 7) is 5.52. The molecule has 100 valence electrons. The maximum absolute atomic E-state index is 5.36. The average Bonchev–Trinajstić information content (AvgIpc) is 2.30. The summed E-state index contributed by atoms with van der Waals surface area (Å²) in [5, 5.41) is 4.08. The van der Waals surface area contributed by atoms with Crippen molar-refractivity contribution in [3.05, 3.63) is 0 Å². The van der Waals surface area contributed by atoms with Crippen molar-refractivity contribution in [3.8, 4) is 0 Å². The maximum atomic E-state index is 5.36. The summed E-state index contributed by atoms with van der Waals surface area (Å²) in [6, 6.07) is 0.254. The van der Waals surface area contributed by atoms with E-state index >= 15 is 0 Å². The van der Waals surface area contributed by atoms with Crippen molar-refractivity contribution < 1.29 is 9.47 Å². The van der Waals surface area contributed by atoms with Gasteiger partial charge in [-0.1, -0.05) is 0 Å². The predicted octanol–water partition coefficient (Wildman–Crippen LogP) is 1.25. The average molecular weight is 260 g/mol. The Bertz CT molecular complexity index is 233. The number of hydrogen-bond acceptors (Lipinski definition) is 3. The van der Waals surface area contributed by atoms with Gasteiger partial charge in [0.1, 0.15) is 0 Å². The molecule has 0 spiro atoms. The molecule has 17 heavy (non-hydrogen) atoms.